The van der Waals surface area contributed by atoms with E-state index in [1.807, 2.05) is 0 Å². The topological polar surface area (TPSA) is 115 Å². The Morgan fingerprint density at radius 3 is 2.86 bits per heavy atom. The zero-order valence-electron chi connectivity index (χ0n) is 7.10. The Labute approximate surface area is 78.8 Å². The highest BCUT2D eigenvalue weighted by Gasteiger charge is 2.15. The van der Waals surface area contributed by atoms with Crippen LogP contribution in [-0.2, 0) is 4.79 Å². The van der Waals surface area contributed by atoms with E-state index in [2.05, 4.69) is 15.3 Å². The Morgan fingerprint density at radius 2 is 2.36 bits per heavy atom. The zero-order valence-corrected chi connectivity index (χ0v) is 7.10. The van der Waals surface area contributed by atoms with Crippen molar-refractivity contribution in [2.45, 2.75) is 6.10 Å². The number of aliphatic hydroxyl groups excluding tert-OH is 1. The van der Waals surface area contributed by atoms with E-state index in [0.717, 1.165) is 0 Å². The molecule has 0 fully saturated rings. The van der Waals surface area contributed by atoms with E-state index in [9.17, 15) is 9.59 Å². The van der Waals surface area contributed by atoms with Crippen molar-refractivity contribution in [1.29, 1.82) is 0 Å². The van der Waals surface area contributed by atoms with Gasteiger partial charge in [-0.15, -0.1) is 0 Å². The second-order valence-electron chi connectivity index (χ2n) is 2.53. The molecule has 0 aliphatic carbocycles. The van der Waals surface area contributed by atoms with Crippen molar-refractivity contribution in [3.8, 4) is 0 Å². The Kier molecular flexibility index (Phi) is 3.19. The minimum Gasteiger partial charge on any atom is -0.479 e. The first-order valence-electron chi connectivity index (χ1n) is 3.78. The van der Waals surface area contributed by atoms with Gasteiger partial charge in [0.2, 0.25) is 0 Å². The normalized spacial score (nSPS) is 12.1. The fourth-order valence-electron chi connectivity index (χ4n) is 0.752. The average Bonchev–Trinajstić information content (AvgIpc) is 2.66. The Hall–Kier alpha value is -1.89. The molecule has 76 valence electrons. The largest absolute Gasteiger partial charge is 0.479 e. The van der Waals surface area contributed by atoms with Crippen LogP contribution in [0.2, 0.25) is 0 Å². The van der Waals surface area contributed by atoms with Gasteiger partial charge < -0.3 is 20.5 Å². The Morgan fingerprint density at radius 1 is 1.64 bits per heavy atom. The van der Waals surface area contributed by atoms with Crippen molar-refractivity contribution in [1.82, 2.24) is 15.3 Å². The number of nitrogens with zero attached hydrogens (tertiary/aromatic N) is 1. The van der Waals surface area contributed by atoms with Crippen molar-refractivity contribution in [3.63, 3.8) is 0 Å². The molecule has 1 aromatic heterocycles. The van der Waals surface area contributed by atoms with Gasteiger partial charge in [-0.2, -0.15) is 0 Å². The second kappa shape index (κ2) is 4.38. The first-order chi connectivity index (χ1) is 6.61. The summed E-state index contributed by atoms with van der Waals surface area (Å²) in [5.41, 5.74) is 0.211. The number of aliphatic hydroxyl groups is 1. The van der Waals surface area contributed by atoms with Gasteiger partial charge in [-0.3, -0.25) is 4.79 Å². The number of amides is 1. The van der Waals surface area contributed by atoms with Gasteiger partial charge in [0, 0.05) is 0 Å². The number of imidazole rings is 1. The maximum atomic E-state index is 11.1. The van der Waals surface area contributed by atoms with Gasteiger partial charge in [0.1, 0.15) is 5.69 Å². The molecule has 1 heterocycles. The number of carbonyl (C=O) groups is 2. The zero-order chi connectivity index (χ0) is 10.6. The molecular formula is C7H9N3O4. The number of aliphatic carboxylic acids is 1. The van der Waals surface area contributed by atoms with Crippen molar-refractivity contribution >= 4 is 11.9 Å². The molecule has 1 aromatic rings. The summed E-state index contributed by atoms with van der Waals surface area (Å²) in [4.78, 5) is 27.5. The van der Waals surface area contributed by atoms with Crippen molar-refractivity contribution in [3.05, 3.63) is 18.2 Å². The minimum atomic E-state index is -1.60. The van der Waals surface area contributed by atoms with Crippen molar-refractivity contribution in [2.24, 2.45) is 0 Å². The first kappa shape index (κ1) is 10.2. The number of carboxylic acids is 1. The lowest BCUT2D eigenvalue weighted by atomic mass is 10.3. The van der Waals surface area contributed by atoms with E-state index in [-0.39, 0.29) is 12.2 Å². The summed E-state index contributed by atoms with van der Waals surface area (Å²) in [7, 11) is 0. The van der Waals surface area contributed by atoms with Crippen LogP contribution in [0.4, 0.5) is 0 Å². The smallest absolute Gasteiger partial charge is 0.334 e. The lowest BCUT2D eigenvalue weighted by Gasteiger charge is -2.05. The quantitative estimate of drug-likeness (QED) is 0.475. The van der Waals surface area contributed by atoms with E-state index < -0.39 is 18.0 Å². The van der Waals surface area contributed by atoms with Gasteiger partial charge >= 0.3 is 5.97 Å². The summed E-state index contributed by atoms with van der Waals surface area (Å²) in [6, 6.07) is 0. The number of H-pyrrole nitrogens is 1. The molecule has 7 heteroatoms. The van der Waals surface area contributed by atoms with E-state index in [1.165, 1.54) is 12.5 Å². The van der Waals surface area contributed by atoms with Crippen LogP contribution in [-0.4, -0.2) is 44.7 Å². The maximum absolute atomic E-state index is 11.1. The monoisotopic (exact) mass is 199 g/mol. The predicted octanol–water partition coefficient (Wildman–Crippen LogP) is -1.41. The number of hydrogen-bond acceptors (Lipinski definition) is 4. The molecule has 0 unspecified atom stereocenters. The standard InChI is InChI=1S/C7H9N3O4/c11-5(7(13)14)2-9-6(12)4-1-8-3-10-4/h1,3,5,11H,2H2,(H,8,10)(H,9,12)(H,13,14)/t5-/m0/s1. The van der Waals surface area contributed by atoms with Crippen LogP contribution in [0.3, 0.4) is 0 Å². The third-order valence-corrected chi connectivity index (χ3v) is 1.48. The lowest BCUT2D eigenvalue weighted by Crippen LogP contribution is -2.36. The van der Waals surface area contributed by atoms with E-state index in [0.29, 0.717) is 0 Å². The summed E-state index contributed by atoms with van der Waals surface area (Å²) in [5, 5.41) is 19.4. The van der Waals surface area contributed by atoms with E-state index in [1.54, 1.807) is 0 Å². The number of hydrogen-bond donors (Lipinski definition) is 4. The summed E-state index contributed by atoms with van der Waals surface area (Å²) in [5.74, 6) is -1.89. The summed E-state index contributed by atoms with van der Waals surface area (Å²) >= 11 is 0. The highest BCUT2D eigenvalue weighted by Crippen LogP contribution is 1.90. The molecule has 1 amide bonds. The fraction of sp³-hybridized carbons (Fsp3) is 0.286. The number of aromatic nitrogens is 2. The van der Waals surface area contributed by atoms with Crippen molar-refractivity contribution < 1.29 is 19.8 Å². The number of carbonyl (C=O) groups excluding carboxylic acids is 1. The molecule has 7 nitrogen and oxygen atoms in total. The van der Waals surface area contributed by atoms with Gasteiger partial charge in [0.05, 0.1) is 19.1 Å². The molecule has 4 N–H and O–H groups in total. The Bertz CT molecular complexity index is 322. The predicted molar refractivity (Wildman–Crippen MR) is 44.6 cm³/mol. The molecule has 0 aliphatic heterocycles. The van der Waals surface area contributed by atoms with Gasteiger partial charge in [-0.05, 0) is 0 Å². The third-order valence-electron chi connectivity index (χ3n) is 1.48. The molecule has 0 aromatic carbocycles. The first-order valence-corrected chi connectivity index (χ1v) is 3.78. The lowest BCUT2D eigenvalue weighted by molar-refractivity contribution is -0.146. The highest BCUT2D eigenvalue weighted by molar-refractivity contribution is 5.92. The van der Waals surface area contributed by atoms with Crippen LogP contribution in [0, 0.1) is 0 Å². The van der Waals surface area contributed by atoms with Gasteiger partial charge in [0.15, 0.2) is 6.10 Å². The van der Waals surface area contributed by atoms with E-state index >= 15 is 0 Å². The van der Waals surface area contributed by atoms with Gasteiger partial charge in [-0.1, -0.05) is 0 Å². The number of carboxylic acid groups (broad SMARTS) is 1. The molecule has 1 rings (SSSR count). The summed E-state index contributed by atoms with van der Waals surface area (Å²) in [6.45, 7) is -0.340. The summed E-state index contributed by atoms with van der Waals surface area (Å²) in [6.07, 6.45) is 1.02. The minimum absolute atomic E-state index is 0.211. The fourth-order valence-corrected chi connectivity index (χ4v) is 0.752. The van der Waals surface area contributed by atoms with E-state index in [4.69, 9.17) is 10.2 Å². The molecule has 1 atom stereocenters. The van der Waals surface area contributed by atoms with Crippen LogP contribution < -0.4 is 5.32 Å². The second-order valence-corrected chi connectivity index (χ2v) is 2.53. The SMILES string of the molecule is O=C(NC[C@H](O)C(=O)O)c1cnc[nH]1. The molecule has 14 heavy (non-hydrogen) atoms. The molecule has 0 saturated heterocycles. The Balaban J connectivity index is 2.40. The molecule has 0 spiro atoms. The van der Waals surface area contributed by atoms with Crippen LogP contribution in [0.5, 0.6) is 0 Å². The molecule has 0 aliphatic rings. The van der Waals surface area contributed by atoms with Crippen molar-refractivity contribution in [2.75, 3.05) is 6.54 Å². The number of rotatable bonds is 4. The molecule has 0 bridgehead atoms. The van der Waals surface area contributed by atoms with Crippen LogP contribution in [0.25, 0.3) is 0 Å². The maximum Gasteiger partial charge on any atom is 0.334 e. The van der Waals surface area contributed by atoms with Gasteiger partial charge in [-0.25, -0.2) is 9.78 Å². The average molecular weight is 199 g/mol. The van der Waals surface area contributed by atoms with Crippen LogP contribution in [0.1, 0.15) is 10.5 Å². The molecular weight excluding hydrogens is 190 g/mol. The number of aromatic amines is 1. The summed E-state index contributed by atoms with van der Waals surface area (Å²) < 4.78 is 0. The van der Waals surface area contributed by atoms with Gasteiger partial charge in [0.25, 0.3) is 5.91 Å². The molecule has 0 radical (unpaired) electrons. The van der Waals surface area contributed by atoms with Crippen LogP contribution >= 0.6 is 0 Å². The van der Waals surface area contributed by atoms with Crippen LogP contribution in [0.15, 0.2) is 12.5 Å². The molecule has 0 saturated carbocycles. The highest BCUT2D eigenvalue weighted by atomic mass is 16.4. The number of nitrogens with one attached hydrogen (secondary N) is 2. The third kappa shape index (κ3) is 2.56.